The van der Waals surface area contributed by atoms with Gasteiger partial charge in [-0.2, -0.15) is 0 Å². The Kier molecular flexibility index (Phi) is 3.90. The molecule has 1 aromatic heterocycles. The van der Waals surface area contributed by atoms with E-state index in [1.807, 2.05) is 12.5 Å². The van der Waals surface area contributed by atoms with Crippen LogP contribution in [-0.4, -0.2) is 28.6 Å². The number of hydrogen-bond acceptors (Lipinski definition) is 2. The highest BCUT2D eigenvalue weighted by Crippen LogP contribution is 2.52. The number of hydrogen-bond donors (Lipinski definition) is 1. The third-order valence-electron chi connectivity index (χ3n) is 5.25. The van der Waals surface area contributed by atoms with Crippen LogP contribution in [0, 0.1) is 11.3 Å². The van der Waals surface area contributed by atoms with E-state index in [1.165, 1.54) is 23.6 Å². The molecule has 1 fully saturated rings. The van der Waals surface area contributed by atoms with Crippen LogP contribution < -0.4 is 0 Å². The van der Waals surface area contributed by atoms with Crippen molar-refractivity contribution in [2.45, 2.75) is 45.7 Å². The molecule has 1 aliphatic heterocycles. The van der Waals surface area contributed by atoms with Gasteiger partial charge in [-0.15, -0.1) is 0 Å². The molecule has 2 radical (unpaired) electrons. The first kappa shape index (κ1) is 15.4. The first-order valence-electron chi connectivity index (χ1n) is 7.96. The molecule has 3 nitrogen and oxygen atoms in total. The molecule has 1 saturated carbocycles. The van der Waals surface area contributed by atoms with Gasteiger partial charge in [0, 0.05) is 11.5 Å². The van der Waals surface area contributed by atoms with Crippen LogP contribution in [0.4, 0.5) is 0 Å². The maximum Gasteiger partial charge on any atom is 0.0956 e. The fourth-order valence-corrected chi connectivity index (χ4v) is 4.06. The molecule has 0 amide bonds. The van der Waals surface area contributed by atoms with Gasteiger partial charge in [0.25, 0.3) is 0 Å². The van der Waals surface area contributed by atoms with Gasteiger partial charge in [-0.05, 0) is 23.8 Å². The Bertz CT molecular complexity index is 665. The van der Waals surface area contributed by atoms with E-state index in [1.54, 1.807) is 0 Å². The molecule has 1 aromatic carbocycles. The molecule has 4 heteroatoms. The summed E-state index contributed by atoms with van der Waals surface area (Å²) in [6.07, 6.45) is 5.75. The lowest BCUT2D eigenvalue weighted by molar-refractivity contribution is 0.0344. The van der Waals surface area contributed by atoms with Crippen molar-refractivity contribution in [2.75, 3.05) is 0 Å². The zero-order valence-corrected chi connectivity index (χ0v) is 13.5. The van der Waals surface area contributed by atoms with Crippen molar-refractivity contribution in [1.29, 1.82) is 0 Å². The van der Waals surface area contributed by atoms with E-state index in [-0.39, 0.29) is 23.5 Å². The number of aliphatic hydroxyl groups excluding tert-OH is 1. The van der Waals surface area contributed by atoms with Crippen LogP contribution >= 0.6 is 0 Å². The van der Waals surface area contributed by atoms with Crippen molar-refractivity contribution in [2.24, 2.45) is 11.3 Å². The SMILES string of the molecule is CC1(C)CCC(C2c3ccccc3-c3cncn32)C1O.[B]C. The minimum Gasteiger partial charge on any atom is -0.392 e. The summed E-state index contributed by atoms with van der Waals surface area (Å²) in [7, 11) is 4.50. The van der Waals surface area contributed by atoms with E-state index in [4.69, 9.17) is 0 Å². The highest BCUT2D eigenvalue weighted by Gasteiger charge is 2.47. The molecule has 2 heterocycles. The molecule has 3 unspecified atom stereocenters. The van der Waals surface area contributed by atoms with Crippen molar-refractivity contribution in [1.82, 2.24) is 9.55 Å². The van der Waals surface area contributed by atoms with Crippen molar-refractivity contribution in [3.8, 4) is 11.3 Å². The number of fused-ring (bicyclic) bond motifs is 3. The molecule has 0 saturated heterocycles. The minimum atomic E-state index is -0.256. The third kappa shape index (κ3) is 2.12. The number of aliphatic hydroxyl groups is 1. The molecule has 114 valence electrons. The van der Waals surface area contributed by atoms with E-state index in [0.29, 0.717) is 0 Å². The number of nitrogens with zero attached hydrogens (tertiary/aromatic N) is 2. The molecular weight excluding hydrogens is 271 g/mol. The van der Waals surface area contributed by atoms with Crippen LogP contribution in [0.3, 0.4) is 0 Å². The second-order valence-electron chi connectivity index (χ2n) is 6.85. The van der Waals surface area contributed by atoms with Gasteiger partial charge in [0.05, 0.1) is 38.2 Å². The van der Waals surface area contributed by atoms with Crippen molar-refractivity contribution >= 4 is 7.85 Å². The van der Waals surface area contributed by atoms with Crippen LogP contribution in [0.2, 0.25) is 6.82 Å². The zero-order valence-electron chi connectivity index (χ0n) is 13.5. The Labute approximate surface area is 133 Å². The number of aromatic nitrogens is 2. The lowest BCUT2D eigenvalue weighted by Gasteiger charge is -2.30. The minimum absolute atomic E-state index is 0.0168. The normalized spacial score (nSPS) is 27.7. The predicted molar refractivity (Wildman–Crippen MR) is 89.9 cm³/mol. The van der Waals surface area contributed by atoms with Gasteiger partial charge in [0.1, 0.15) is 0 Å². The van der Waals surface area contributed by atoms with E-state index < -0.39 is 0 Å². The van der Waals surface area contributed by atoms with Gasteiger partial charge < -0.3 is 9.67 Å². The molecule has 4 rings (SSSR count). The van der Waals surface area contributed by atoms with Crippen LogP contribution in [0.25, 0.3) is 11.3 Å². The van der Waals surface area contributed by atoms with E-state index >= 15 is 0 Å². The summed E-state index contributed by atoms with van der Waals surface area (Å²) < 4.78 is 2.25. The Morgan fingerprint density at radius 3 is 2.68 bits per heavy atom. The standard InChI is InChI=1S/C17H20N2O.CH3B/c1-17(2)8-7-13(16(17)20)15-12-6-4-3-5-11(12)14-9-18-10-19(14)15;1-2/h3-6,9-10,13,15-16,20H,7-8H2,1-2H3;1H3. The fourth-order valence-electron chi connectivity index (χ4n) is 4.06. The summed E-state index contributed by atoms with van der Waals surface area (Å²) in [5.74, 6) is 0.279. The number of imidazole rings is 1. The Balaban J connectivity index is 0.000000693. The number of benzene rings is 1. The molecule has 0 bridgehead atoms. The second kappa shape index (κ2) is 5.58. The van der Waals surface area contributed by atoms with Gasteiger partial charge in [0.15, 0.2) is 0 Å². The second-order valence-corrected chi connectivity index (χ2v) is 6.85. The van der Waals surface area contributed by atoms with Crippen molar-refractivity contribution in [3.05, 3.63) is 42.4 Å². The first-order valence-corrected chi connectivity index (χ1v) is 7.96. The zero-order chi connectivity index (χ0) is 15.9. The topological polar surface area (TPSA) is 38.0 Å². The van der Waals surface area contributed by atoms with Crippen LogP contribution in [0.5, 0.6) is 0 Å². The van der Waals surface area contributed by atoms with Gasteiger partial charge in [-0.25, -0.2) is 4.98 Å². The Morgan fingerprint density at radius 1 is 1.27 bits per heavy atom. The molecule has 22 heavy (non-hydrogen) atoms. The molecule has 3 atom stereocenters. The smallest absolute Gasteiger partial charge is 0.0956 e. The number of rotatable bonds is 1. The Morgan fingerprint density at radius 2 is 2.00 bits per heavy atom. The summed E-state index contributed by atoms with van der Waals surface area (Å²) in [5, 5.41) is 10.7. The maximum absolute atomic E-state index is 10.7. The van der Waals surface area contributed by atoms with Crippen LogP contribution in [0.15, 0.2) is 36.8 Å². The van der Waals surface area contributed by atoms with Crippen LogP contribution in [0.1, 0.15) is 38.3 Å². The van der Waals surface area contributed by atoms with Gasteiger partial charge in [-0.1, -0.05) is 44.9 Å². The molecule has 1 N–H and O–H groups in total. The average Bonchev–Trinajstić information content (AvgIpc) is 3.17. The highest BCUT2D eigenvalue weighted by atomic mass is 16.3. The van der Waals surface area contributed by atoms with Crippen molar-refractivity contribution < 1.29 is 5.11 Å². The maximum atomic E-state index is 10.7. The van der Waals surface area contributed by atoms with E-state index in [2.05, 4.69) is 55.5 Å². The van der Waals surface area contributed by atoms with Crippen molar-refractivity contribution in [3.63, 3.8) is 0 Å². The summed E-state index contributed by atoms with van der Waals surface area (Å²) in [4.78, 5) is 4.31. The quantitative estimate of drug-likeness (QED) is 0.818. The predicted octanol–water partition coefficient (Wildman–Crippen LogP) is 3.45. The average molecular weight is 294 g/mol. The lowest BCUT2D eigenvalue weighted by atomic mass is 9.83. The summed E-state index contributed by atoms with van der Waals surface area (Å²) in [6.45, 7) is 5.85. The van der Waals surface area contributed by atoms with Gasteiger partial charge in [0.2, 0.25) is 0 Å². The molecule has 1 aliphatic carbocycles. The highest BCUT2D eigenvalue weighted by molar-refractivity contribution is 6.05. The largest absolute Gasteiger partial charge is 0.392 e. The monoisotopic (exact) mass is 294 g/mol. The van der Waals surface area contributed by atoms with Crippen LogP contribution in [-0.2, 0) is 0 Å². The summed E-state index contributed by atoms with van der Waals surface area (Å²) in [6, 6.07) is 8.77. The van der Waals surface area contributed by atoms with Gasteiger partial charge >= 0.3 is 0 Å². The third-order valence-corrected chi connectivity index (χ3v) is 5.25. The van der Waals surface area contributed by atoms with Gasteiger partial charge in [-0.3, -0.25) is 0 Å². The molecular formula is C18H23BN2O. The molecule has 2 aliphatic rings. The Hall–Kier alpha value is -1.55. The molecule has 0 spiro atoms. The lowest BCUT2D eigenvalue weighted by Crippen LogP contribution is -2.32. The van der Waals surface area contributed by atoms with E-state index in [0.717, 1.165) is 12.8 Å². The summed E-state index contributed by atoms with van der Waals surface area (Å²) >= 11 is 0. The fraction of sp³-hybridized carbons (Fsp3) is 0.500. The summed E-state index contributed by atoms with van der Waals surface area (Å²) in [5.41, 5.74) is 3.81. The van der Waals surface area contributed by atoms with E-state index in [9.17, 15) is 5.11 Å². The first-order chi connectivity index (χ1) is 10.6. The molecule has 2 aromatic rings.